The van der Waals surface area contributed by atoms with Gasteiger partial charge in [-0.2, -0.15) is 0 Å². The quantitative estimate of drug-likeness (QED) is 0.259. The molecule has 0 aliphatic rings. The molecule has 1 heterocycles. The van der Waals surface area contributed by atoms with Crippen LogP contribution in [0, 0.1) is 19.7 Å². The monoisotopic (exact) mass is 361 g/mol. The van der Waals surface area contributed by atoms with Gasteiger partial charge in [0.15, 0.2) is 12.4 Å². The number of esters is 1. The number of carbonyl (C=O) groups excluding carboxylic acids is 2. The fraction of sp³-hybridized carbons (Fsp3) is 0.278. The molecule has 1 aromatic carbocycles. The molecule has 7 nitrogen and oxygen atoms in total. The summed E-state index contributed by atoms with van der Waals surface area (Å²) in [4.78, 5) is 32.1. The van der Waals surface area contributed by atoms with Crippen molar-refractivity contribution < 1.29 is 23.6 Å². The van der Waals surface area contributed by atoms with Crippen LogP contribution in [0.5, 0.6) is 0 Å². The SMILES string of the molecule is CCOC(=O)c1c(C)[nH]c(C(=O)CO/N=C(\N)c2ccc(F)cc2)c1C. The van der Waals surface area contributed by atoms with Gasteiger partial charge in [-0.3, -0.25) is 4.79 Å². The van der Waals surface area contributed by atoms with Crippen molar-refractivity contribution >= 4 is 17.6 Å². The Morgan fingerprint density at radius 3 is 2.50 bits per heavy atom. The summed E-state index contributed by atoms with van der Waals surface area (Å²) in [5, 5.41) is 3.66. The number of aryl methyl sites for hydroxylation is 1. The first-order chi connectivity index (χ1) is 12.3. The third-order valence-corrected chi connectivity index (χ3v) is 3.69. The predicted octanol–water partition coefficient (Wildman–Crippen LogP) is 2.47. The third kappa shape index (κ3) is 4.27. The molecule has 2 aromatic rings. The van der Waals surface area contributed by atoms with Gasteiger partial charge in [-0.15, -0.1) is 0 Å². The van der Waals surface area contributed by atoms with Gasteiger partial charge in [-0.1, -0.05) is 5.16 Å². The molecule has 0 atom stereocenters. The minimum atomic E-state index is -0.489. The van der Waals surface area contributed by atoms with Crippen LogP contribution in [-0.2, 0) is 9.57 Å². The van der Waals surface area contributed by atoms with Crippen molar-refractivity contribution in [1.29, 1.82) is 0 Å². The average Bonchev–Trinajstić information content (AvgIpc) is 2.90. The molecule has 8 heteroatoms. The number of carbonyl (C=O) groups is 2. The first-order valence-corrected chi connectivity index (χ1v) is 7.96. The Morgan fingerprint density at radius 2 is 1.88 bits per heavy atom. The second kappa shape index (κ2) is 8.28. The second-order valence-corrected chi connectivity index (χ2v) is 5.53. The Labute approximate surface area is 150 Å². The summed E-state index contributed by atoms with van der Waals surface area (Å²) in [5.41, 5.74) is 7.81. The van der Waals surface area contributed by atoms with E-state index in [9.17, 15) is 14.0 Å². The molecule has 3 N–H and O–H groups in total. The molecule has 0 aliphatic heterocycles. The van der Waals surface area contributed by atoms with Gasteiger partial charge in [0.1, 0.15) is 5.82 Å². The lowest BCUT2D eigenvalue weighted by atomic mass is 10.1. The predicted molar refractivity (Wildman–Crippen MR) is 93.6 cm³/mol. The van der Waals surface area contributed by atoms with Crippen LogP contribution in [0.4, 0.5) is 4.39 Å². The van der Waals surface area contributed by atoms with Gasteiger partial charge in [-0.25, -0.2) is 9.18 Å². The number of rotatable bonds is 7. The number of benzene rings is 1. The van der Waals surface area contributed by atoms with Crippen LogP contribution < -0.4 is 5.73 Å². The number of nitrogens with two attached hydrogens (primary N) is 1. The highest BCUT2D eigenvalue weighted by Gasteiger charge is 2.23. The van der Waals surface area contributed by atoms with Gasteiger partial charge in [0.2, 0.25) is 5.78 Å². The number of ketones is 1. The normalized spacial score (nSPS) is 11.3. The molecule has 0 saturated carbocycles. The van der Waals surface area contributed by atoms with Gasteiger partial charge in [-0.05, 0) is 50.6 Å². The average molecular weight is 361 g/mol. The molecule has 26 heavy (non-hydrogen) atoms. The van der Waals surface area contributed by atoms with Gasteiger partial charge in [0.25, 0.3) is 0 Å². The number of oxime groups is 1. The van der Waals surface area contributed by atoms with E-state index in [1.54, 1.807) is 20.8 Å². The number of hydrogen-bond donors (Lipinski definition) is 2. The van der Waals surface area contributed by atoms with Crippen molar-refractivity contribution in [2.75, 3.05) is 13.2 Å². The van der Waals surface area contributed by atoms with Crippen molar-refractivity contribution in [3.63, 3.8) is 0 Å². The largest absolute Gasteiger partial charge is 0.462 e. The number of aromatic amines is 1. The maximum atomic E-state index is 12.9. The highest BCUT2D eigenvalue weighted by molar-refractivity contribution is 6.02. The lowest BCUT2D eigenvalue weighted by Crippen LogP contribution is -2.16. The number of halogens is 1. The molecule has 0 bridgehead atoms. The van der Waals surface area contributed by atoms with Crippen LogP contribution in [0.25, 0.3) is 0 Å². The topological polar surface area (TPSA) is 107 Å². The van der Waals surface area contributed by atoms with Crippen LogP contribution >= 0.6 is 0 Å². The molecule has 0 unspecified atom stereocenters. The fourth-order valence-electron chi connectivity index (χ4n) is 2.44. The number of hydrogen-bond acceptors (Lipinski definition) is 5. The lowest BCUT2D eigenvalue weighted by molar-refractivity contribution is 0.0525. The van der Waals surface area contributed by atoms with Crippen LogP contribution in [0.15, 0.2) is 29.4 Å². The summed E-state index contributed by atoms with van der Waals surface area (Å²) in [6, 6.07) is 5.38. The Kier molecular flexibility index (Phi) is 6.11. The van der Waals surface area contributed by atoms with E-state index in [4.69, 9.17) is 15.3 Å². The summed E-state index contributed by atoms with van der Waals surface area (Å²) in [5.74, 6) is -1.26. The molecule has 0 saturated heterocycles. The standard InChI is InChI=1S/C18H20FN3O4/c1-4-25-18(24)15-10(2)16(21-11(15)3)14(23)9-26-22-17(20)12-5-7-13(19)8-6-12/h5-8,21H,4,9H2,1-3H3,(H2,20,22). The van der Waals surface area contributed by atoms with Crippen molar-refractivity contribution in [2.24, 2.45) is 10.9 Å². The maximum absolute atomic E-state index is 12.9. The van der Waals surface area contributed by atoms with Crippen LogP contribution in [-0.4, -0.2) is 35.8 Å². The lowest BCUT2D eigenvalue weighted by Gasteiger charge is -2.03. The Morgan fingerprint density at radius 1 is 1.23 bits per heavy atom. The Hall–Kier alpha value is -3.16. The van der Waals surface area contributed by atoms with Crippen molar-refractivity contribution in [3.05, 3.63) is 58.2 Å². The summed E-state index contributed by atoms with van der Waals surface area (Å²) >= 11 is 0. The third-order valence-electron chi connectivity index (χ3n) is 3.69. The van der Waals surface area contributed by atoms with Crippen LogP contribution in [0.1, 0.15) is 44.6 Å². The van der Waals surface area contributed by atoms with Crippen LogP contribution in [0.3, 0.4) is 0 Å². The number of nitrogens with one attached hydrogen (secondary N) is 1. The van der Waals surface area contributed by atoms with Crippen molar-refractivity contribution in [2.45, 2.75) is 20.8 Å². The van der Waals surface area contributed by atoms with E-state index < -0.39 is 17.6 Å². The van der Waals surface area contributed by atoms with E-state index in [1.807, 2.05) is 0 Å². The number of aromatic nitrogens is 1. The summed E-state index contributed by atoms with van der Waals surface area (Å²) in [6.45, 7) is 4.91. The van der Waals surface area contributed by atoms with Gasteiger partial charge < -0.3 is 20.3 Å². The first kappa shape index (κ1) is 19.2. The zero-order valence-electron chi connectivity index (χ0n) is 14.8. The highest BCUT2D eigenvalue weighted by Crippen LogP contribution is 2.19. The van der Waals surface area contributed by atoms with Crippen molar-refractivity contribution in [1.82, 2.24) is 4.98 Å². The molecule has 138 valence electrons. The molecule has 0 fully saturated rings. The number of Topliss-reactive ketones (excluding diaryl/α,β-unsaturated/α-hetero) is 1. The second-order valence-electron chi connectivity index (χ2n) is 5.53. The number of ether oxygens (including phenoxy) is 1. The molecule has 0 aliphatic carbocycles. The fourth-order valence-corrected chi connectivity index (χ4v) is 2.44. The highest BCUT2D eigenvalue weighted by atomic mass is 19.1. The minimum absolute atomic E-state index is 0.0180. The summed E-state index contributed by atoms with van der Waals surface area (Å²) < 4.78 is 17.9. The van der Waals surface area contributed by atoms with Crippen molar-refractivity contribution in [3.8, 4) is 0 Å². The number of amidine groups is 1. The Bertz CT molecular complexity index is 841. The molecule has 1 aromatic heterocycles. The van der Waals surface area contributed by atoms with Gasteiger partial charge in [0.05, 0.1) is 17.9 Å². The van der Waals surface area contributed by atoms with E-state index in [2.05, 4.69) is 10.1 Å². The zero-order chi connectivity index (χ0) is 19.3. The molecule has 2 rings (SSSR count). The summed E-state index contributed by atoms with van der Waals surface area (Å²) in [7, 11) is 0. The van der Waals surface area contributed by atoms with Gasteiger partial charge >= 0.3 is 5.97 Å². The van der Waals surface area contributed by atoms with E-state index in [1.165, 1.54) is 24.3 Å². The summed E-state index contributed by atoms with van der Waals surface area (Å²) in [6.07, 6.45) is 0. The van der Waals surface area contributed by atoms with E-state index in [0.29, 0.717) is 22.4 Å². The molecule has 0 spiro atoms. The molecular formula is C18H20FN3O4. The zero-order valence-corrected chi connectivity index (χ0v) is 14.8. The molecular weight excluding hydrogens is 341 g/mol. The van der Waals surface area contributed by atoms with Crippen LogP contribution in [0.2, 0.25) is 0 Å². The Balaban J connectivity index is 2.06. The number of H-pyrrole nitrogens is 1. The molecule has 0 amide bonds. The number of nitrogens with zero attached hydrogens (tertiary/aromatic N) is 1. The van der Waals surface area contributed by atoms with Gasteiger partial charge in [0, 0.05) is 11.3 Å². The van der Waals surface area contributed by atoms with E-state index >= 15 is 0 Å². The maximum Gasteiger partial charge on any atom is 0.340 e. The van der Waals surface area contributed by atoms with E-state index in [0.717, 1.165) is 0 Å². The minimum Gasteiger partial charge on any atom is -0.462 e. The smallest absolute Gasteiger partial charge is 0.340 e. The van der Waals surface area contributed by atoms with E-state index in [-0.39, 0.29) is 24.7 Å². The molecule has 0 radical (unpaired) electrons. The first-order valence-electron chi connectivity index (χ1n) is 7.96.